The molecule has 0 aromatic carbocycles. The summed E-state index contributed by atoms with van der Waals surface area (Å²) in [7, 11) is 0. The third kappa shape index (κ3) is 4.66. The summed E-state index contributed by atoms with van der Waals surface area (Å²) in [6.45, 7) is 8.19. The van der Waals surface area contributed by atoms with Crippen LogP contribution in [-0.2, 0) is 11.3 Å². The van der Waals surface area contributed by atoms with Gasteiger partial charge in [0.25, 0.3) is 0 Å². The van der Waals surface area contributed by atoms with Crippen LogP contribution in [0.1, 0.15) is 37.3 Å². The van der Waals surface area contributed by atoms with Gasteiger partial charge in [-0.25, -0.2) is 0 Å². The van der Waals surface area contributed by atoms with E-state index < -0.39 is 6.04 Å². The second kappa shape index (κ2) is 7.38. The van der Waals surface area contributed by atoms with Crippen molar-refractivity contribution in [1.82, 2.24) is 10.5 Å². The molecule has 0 radical (unpaired) electrons. The van der Waals surface area contributed by atoms with Gasteiger partial charge in [0.1, 0.15) is 5.76 Å². The molecule has 1 aromatic rings. The zero-order valence-corrected chi connectivity index (χ0v) is 12.1. The summed E-state index contributed by atoms with van der Waals surface area (Å²) in [5.74, 6) is 1.02. The van der Waals surface area contributed by atoms with Crippen LogP contribution in [0.2, 0.25) is 0 Å². The first-order valence-electron chi connectivity index (χ1n) is 5.86. The van der Waals surface area contributed by atoms with E-state index in [0.29, 0.717) is 18.9 Å². The number of hydrogen-bond donors (Lipinski definition) is 2. The van der Waals surface area contributed by atoms with Gasteiger partial charge >= 0.3 is 0 Å². The maximum absolute atomic E-state index is 11.7. The van der Waals surface area contributed by atoms with Gasteiger partial charge in [0.15, 0.2) is 0 Å². The van der Waals surface area contributed by atoms with E-state index >= 15 is 0 Å². The molecule has 1 rings (SSSR count). The lowest BCUT2D eigenvalue weighted by Gasteiger charge is -2.13. The molecule has 0 aliphatic heterocycles. The van der Waals surface area contributed by atoms with E-state index in [9.17, 15) is 4.79 Å². The van der Waals surface area contributed by atoms with Crippen LogP contribution in [0, 0.1) is 19.8 Å². The summed E-state index contributed by atoms with van der Waals surface area (Å²) >= 11 is 0. The van der Waals surface area contributed by atoms with Gasteiger partial charge in [0.2, 0.25) is 5.91 Å². The highest BCUT2D eigenvalue weighted by atomic mass is 35.5. The minimum atomic E-state index is -0.449. The van der Waals surface area contributed by atoms with Gasteiger partial charge in [-0.2, -0.15) is 0 Å². The smallest absolute Gasteiger partial charge is 0.237 e. The number of carbonyl (C=O) groups excluding carboxylic acids is 1. The molecule has 1 aromatic heterocycles. The Balaban J connectivity index is 0.00000289. The van der Waals surface area contributed by atoms with Gasteiger partial charge in [-0.1, -0.05) is 19.0 Å². The standard InChI is InChI=1S/C12H21N3O2.ClH/c1-7(2)5-11(13)12(16)14-6-10-8(3)15-17-9(10)4;/h7,11H,5-6,13H2,1-4H3,(H,14,16);1H/t11-;/m0./s1. The highest BCUT2D eigenvalue weighted by Gasteiger charge is 2.16. The van der Waals surface area contributed by atoms with Crippen molar-refractivity contribution in [3.8, 4) is 0 Å². The first-order chi connectivity index (χ1) is 7.91. The minimum Gasteiger partial charge on any atom is -0.361 e. The van der Waals surface area contributed by atoms with Gasteiger partial charge in [0, 0.05) is 12.1 Å². The Hall–Kier alpha value is -1.07. The summed E-state index contributed by atoms with van der Waals surface area (Å²) in [4.78, 5) is 11.7. The van der Waals surface area contributed by atoms with E-state index in [4.69, 9.17) is 10.3 Å². The van der Waals surface area contributed by atoms with Crippen molar-refractivity contribution in [3.63, 3.8) is 0 Å². The predicted molar refractivity (Wildman–Crippen MR) is 72.5 cm³/mol. The molecule has 18 heavy (non-hydrogen) atoms. The molecule has 1 heterocycles. The van der Waals surface area contributed by atoms with Crippen LogP contribution in [0.15, 0.2) is 4.52 Å². The molecular formula is C12H22ClN3O2. The van der Waals surface area contributed by atoms with Crippen molar-refractivity contribution in [2.24, 2.45) is 11.7 Å². The molecule has 0 saturated heterocycles. The fourth-order valence-corrected chi connectivity index (χ4v) is 1.68. The second-order valence-corrected chi connectivity index (χ2v) is 4.76. The summed E-state index contributed by atoms with van der Waals surface area (Å²) in [6.07, 6.45) is 0.688. The Morgan fingerprint density at radius 3 is 2.50 bits per heavy atom. The number of aryl methyl sites for hydroxylation is 2. The average molecular weight is 276 g/mol. The molecule has 0 aliphatic carbocycles. The quantitative estimate of drug-likeness (QED) is 0.857. The molecule has 104 valence electrons. The van der Waals surface area contributed by atoms with Crippen molar-refractivity contribution in [2.45, 2.75) is 46.7 Å². The van der Waals surface area contributed by atoms with Crippen molar-refractivity contribution in [2.75, 3.05) is 0 Å². The monoisotopic (exact) mass is 275 g/mol. The van der Waals surface area contributed by atoms with Crippen LogP contribution in [-0.4, -0.2) is 17.1 Å². The van der Waals surface area contributed by atoms with Crippen LogP contribution in [0.25, 0.3) is 0 Å². The lowest BCUT2D eigenvalue weighted by atomic mass is 10.0. The molecule has 1 amide bonds. The fourth-order valence-electron chi connectivity index (χ4n) is 1.68. The summed E-state index contributed by atoms with van der Waals surface area (Å²) < 4.78 is 5.02. The van der Waals surface area contributed by atoms with Gasteiger partial charge in [-0.05, 0) is 26.2 Å². The number of rotatable bonds is 5. The number of aromatic nitrogens is 1. The normalized spacial score (nSPS) is 12.1. The zero-order chi connectivity index (χ0) is 13.0. The molecule has 0 unspecified atom stereocenters. The predicted octanol–water partition coefficient (Wildman–Crippen LogP) is 1.70. The van der Waals surface area contributed by atoms with Crippen LogP contribution in [0.5, 0.6) is 0 Å². The van der Waals surface area contributed by atoms with E-state index in [1.807, 2.05) is 27.7 Å². The Bertz CT molecular complexity index is 371. The largest absolute Gasteiger partial charge is 0.361 e. The molecule has 6 heteroatoms. The Morgan fingerprint density at radius 2 is 2.06 bits per heavy atom. The number of hydrogen-bond acceptors (Lipinski definition) is 4. The third-order valence-electron chi connectivity index (χ3n) is 2.68. The lowest BCUT2D eigenvalue weighted by Crippen LogP contribution is -2.41. The molecule has 0 saturated carbocycles. The summed E-state index contributed by atoms with van der Waals surface area (Å²) in [6, 6.07) is -0.449. The summed E-state index contributed by atoms with van der Waals surface area (Å²) in [5, 5.41) is 6.64. The molecule has 0 aliphatic rings. The number of amides is 1. The molecule has 0 bridgehead atoms. The number of nitrogens with zero attached hydrogens (tertiary/aromatic N) is 1. The maximum Gasteiger partial charge on any atom is 0.237 e. The van der Waals surface area contributed by atoms with Crippen LogP contribution < -0.4 is 11.1 Å². The Morgan fingerprint density at radius 1 is 1.44 bits per heavy atom. The molecule has 3 N–H and O–H groups in total. The van der Waals surface area contributed by atoms with Crippen molar-refractivity contribution in [1.29, 1.82) is 0 Å². The van der Waals surface area contributed by atoms with Gasteiger partial charge in [0.05, 0.1) is 11.7 Å². The zero-order valence-electron chi connectivity index (χ0n) is 11.3. The maximum atomic E-state index is 11.7. The highest BCUT2D eigenvalue weighted by molar-refractivity contribution is 5.85. The van der Waals surface area contributed by atoms with Crippen molar-refractivity contribution < 1.29 is 9.32 Å². The van der Waals surface area contributed by atoms with E-state index in [-0.39, 0.29) is 18.3 Å². The minimum absolute atomic E-state index is 0. The van der Waals surface area contributed by atoms with E-state index in [1.54, 1.807) is 0 Å². The van der Waals surface area contributed by atoms with Gasteiger partial charge in [-0.15, -0.1) is 12.4 Å². The molecular weight excluding hydrogens is 254 g/mol. The number of nitrogens with two attached hydrogens (primary N) is 1. The molecule has 5 nitrogen and oxygen atoms in total. The topological polar surface area (TPSA) is 81.2 Å². The van der Waals surface area contributed by atoms with Gasteiger partial charge in [-0.3, -0.25) is 4.79 Å². The Kier molecular flexibility index (Phi) is 6.94. The SMILES string of the molecule is Cc1noc(C)c1CNC(=O)[C@@H](N)CC(C)C.Cl. The fraction of sp³-hybridized carbons (Fsp3) is 0.667. The number of halogens is 1. The first-order valence-corrected chi connectivity index (χ1v) is 5.86. The number of nitrogens with one attached hydrogen (secondary N) is 1. The molecule has 0 fully saturated rings. The average Bonchev–Trinajstić information content (AvgIpc) is 2.54. The Labute approximate surface area is 114 Å². The lowest BCUT2D eigenvalue weighted by molar-refractivity contribution is -0.122. The second-order valence-electron chi connectivity index (χ2n) is 4.76. The van der Waals surface area contributed by atoms with Crippen molar-refractivity contribution >= 4 is 18.3 Å². The van der Waals surface area contributed by atoms with Crippen molar-refractivity contribution in [3.05, 3.63) is 17.0 Å². The summed E-state index contributed by atoms with van der Waals surface area (Å²) in [5.41, 5.74) is 7.51. The van der Waals surface area contributed by atoms with Crippen LogP contribution in [0.3, 0.4) is 0 Å². The highest BCUT2D eigenvalue weighted by Crippen LogP contribution is 2.11. The van der Waals surface area contributed by atoms with Crippen LogP contribution >= 0.6 is 12.4 Å². The molecule has 1 atom stereocenters. The number of carbonyl (C=O) groups is 1. The van der Waals surface area contributed by atoms with Gasteiger partial charge < -0.3 is 15.6 Å². The first kappa shape index (κ1) is 16.9. The van der Waals surface area contributed by atoms with E-state index in [1.165, 1.54) is 0 Å². The third-order valence-corrected chi connectivity index (χ3v) is 2.68. The van der Waals surface area contributed by atoms with Crippen LogP contribution in [0.4, 0.5) is 0 Å². The van der Waals surface area contributed by atoms with E-state index in [2.05, 4.69) is 10.5 Å². The molecule has 0 spiro atoms. The van der Waals surface area contributed by atoms with E-state index in [0.717, 1.165) is 17.0 Å².